The summed E-state index contributed by atoms with van der Waals surface area (Å²) in [6.07, 6.45) is 0. The molecular weight excluding hydrogens is 222 g/mol. The van der Waals surface area contributed by atoms with E-state index in [1.165, 1.54) is 27.4 Å². The smallest absolute Gasteiger partial charge is 0.0682 e. The van der Waals surface area contributed by atoms with Crippen molar-refractivity contribution in [1.82, 2.24) is 4.57 Å². The summed E-state index contributed by atoms with van der Waals surface area (Å²) in [7, 11) is 0. The van der Waals surface area contributed by atoms with Crippen LogP contribution in [0.3, 0.4) is 0 Å². The van der Waals surface area contributed by atoms with Gasteiger partial charge in [0.25, 0.3) is 0 Å². The summed E-state index contributed by atoms with van der Waals surface area (Å²) in [5.74, 6) is 0. The molecule has 1 heterocycles. The van der Waals surface area contributed by atoms with Gasteiger partial charge >= 0.3 is 0 Å². The van der Waals surface area contributed by atoms with Gasteiger partial charge in [0.05, 0.1) is 6.61 Å². The first-order chi connectivity index (χ1) is 8.76. The molecule has 2 heteroatoms. The van der Waals surface area contributed by atoms with Gasteiger partial charge in [0, 0.05) is 28.4 Å². The molecule has 0 radical (unpaired) electrons. The Kier molecular flexibility index (Phi) is 2.60. The van der Waals surface area contributed by atoms with Crippen LogP contribution in [-0.2, 0) is 13.2 Å². The minimum atomic E-state index is 0.0978. The van der Waals surface area contributed by atoms with Crippen LogP contribution in [-0.4, -0.2) is 9.67 Å². The maximum atomic E-state index is 9.30. The molecule has 0 aliphatic rings. The van der Waals surface area contributed by atoms with E-state index in [4.69, 9.17) is 0 Å². The second kappa shape index (κ2) is 4.14. The Morgan fingerprint density at radius 2 is 1.94 bits per heavy atom. The minimum absolute atomic E-state index is 0.0978. The van der Waals surface area contributed by atoms with E-state index >= 15 is 0 Å². The number of hydrogen-bond donors (Lipinski definition) is 1. The summed E-state index contributed by atoms with van der Waals surface area (Å²) < 4.78 is 2.33. The predicted octanol–water partition coefficient (Wildman–Crippen LogP) is 3.62. The fraction of sp³-hybridized carbons (Fsp3) is 0.250. The fourth-order valence-corrected chi connectivity index (χ4v) is 2.82. The van der Waals surface area contributed by atoms with Crippen molar-refractivity contribution in [3.8, 4) is 0 Å². The third-order valence-electron chi connectivity index (χ3n) is 3.66. The molecule has 2 nitrogen and oxygen atoms in total. The van der Waals surface area contributed by atoms with Crippen LogP contribution in [0.15, 0.2) is 36.4 Å². The van der Waals surface area contributed by atoms with Crippen molar-refractivity contribution in [2.24, 2.45) is 0 Å². The number of aromatic nitrogens is 1. The summed E-state index contributed by atoms with van der Waals surface area (Å²) in [4.78, 5) is 0. The molecular formula is C16H17NO. The van der Waals surface area contributed by atoms with Gasteiger partial charge in [-0.05, 0) is 43.2 Å². The number of benzene rings is 2. The lowest BCUT2D eigenvalue weighted by Crippen LogP contribution is -1.93. The maximum absolute atomic E-state index is 9.30. The van der Waals surface area contributed by atoms with Gasteiger partial charge in [0.2, 0.25) is 0 Å². The van der Waals surface area contributed by atoms with Gasteiger partial charge in [-0.1, -0.05) is 18.2 Å². The lowest BCUT2D eigenvalue weighted by molar-refractivity contribution is 0.282. The third-order valence-corrected chi connectivity index (χ3v) is 3.66. The largest absolute Gasteiger partial charge is 0.392 e. The van der Waals surface area contributed by atoms with Crippen molar-refractivity contribution < 1.29 is 5.11 Å². The Morgan fingerprint density at radius 3 is 2.67 bits per heavy atom. The normalized spacial score (nSPS) is 11.5. The van der Waals surface area contributed by atoms with Crippen LogP contribution < -0.4 is 0 Å². The second-order valence-electron chi connectivity index (χ2n) is 4.72. The van der Waals surface area contributed by atoms with Gasteiger partial charge in [-0.3, -0.25) is 0 Å². The van der Waals surface area contributed by atoms with Gasteiger partial charge in [-0.25, -0.2) is 0 Å². The first kappa shape index (κ1) is 11.3. The summed E-state index contributed by atoms with van der Waals surface area (Å²) in [6.45, 7) is 5.37. The first-order valence-electron chi connectivity index (χ1n) is 6.37. The van der Waals surface area contributed by atoms with Crippen molar-refractivity contribution in [2.45, 2.75) is 27.0 Å². The van der Waals surface area contributed by atoms with E-state index in [0.717, 1.165) is 12.1 Å². The van der Waals surface area contributed by atoms with Gasteiger partial charge in [-0.15, -0.1) is 0 Å². The highest BCUT2D eigenvalue weighted by atomic mass is 16.3. The number of rotatable bonds is 2. The lowest BCUT2D eigenvalue weighted by Gasteiger charge is -2.03. The molecule has 3 aromatic rings. The first-order valence-corrected chi connectivity index (χ1v) is 6.37. The zero-order valence-corrected chi connectivity index (χ0v) is 10.8. The van der Waals surface area contributed by atoms with Crippen LogP contribution in [0.25, 0.3) is 21.8 Å². The highest BCUT2D eigenvalue weighted by Crippen LogP contribution is 2.31. The average molecular weight is 239 g/mol. The topological polar surface area (TPSA) is 25.2 Å². The van der Waals surface area contributed by atoms with Crippen molar-refractivity contribution in [1.29, 1.82) is 0 Å². The van der Waals surface area contributed by atoms with Crippen LogP contribution in [0.4, 0.5) is 0 Å². The number of aliphatic hydroxyl groups is 1. The molecule has 0 saturated carbocycles. The fourth-order valence-electron chi connectivity index (χ4n) is 2.82. The molecule has 2 aromatic carbocycles. The van der Waals surface area contributed by atoms with E-state index in [1.807, 2.05) is 6.07 Å². The summed E-state index contributed by atoms with van der Waals surface area (Å²) in [5.41, 5.74) is 4.79. The molecule has 0 fully saturated rings. The molecule has 0 saturated heterocycles. The third kappa shape index (κ3) is 1.46. The molecule has 0 bridgehead atoms. The second-order valence-corrected chi connectivity index (χ2v) is 4.72. The van der Waals surface area contributed by atoms with Gasteiger partial charge < -0.3 is 9.67 Å². The Morgan fingerprint density at radius 1 is 1.11 bits per heavy atom. The number of hydrogen-bond acceptors (Lipinski definition) is 1. The predicted molar refractivity (Wildman–Crippen MR) is 75.8 cm³/mol. The van der Waals surface area contributed by atoms with E-state index in [1.54, 1.807) is 0 Å². The number of aliphatic hydroxyl groups excluding tert-OH is 1. The van der Waals surface area contributed by atoms with E-state index in [9.17, 15) is 5.11 Å². The molecule has 0 spiro atoms. The standard InChI is InChI=1S/C16H17NO/c1-3-17-14-8-7-12(10-18)9-13(14)16-11(2)5-4-6-15(16)17/h4-9,18H,3,10H2,1-2H3. The SMILES string of the molecule is CCn1c2ccc(CO)cc2c2c(C)cccc21. The summed E-state index contributed by atoms with van der Waals surface area (Å²) >= 11 is 0. The Balaban J connectivity index is 2.54. The Bertz CT molecular complexity index is 725. The van der Waals surface area contributed by atoms with E-state index in [0.29, 0.717) is 0 Å². The molecule has 18 heavy (non-hydrogen) atoms. The van der Waals surface area contributed by atoms with E-state index < -0.39 is 0 Å². The van der Waals surface area contributed by atoms with Crippen molar-refractivity contribution >= 4 is 21.8 Å². The molecule has 0 aliphatic heterocycles. The Hall–Kier alpha value is -1.80. The monoisotopic (exact) mass is 239 g/mol. The minimum Gasteiger partial charge on any atom is -0.392 e. The highest BCUT2D eigenvalue weighted by molar-refractivity contribution is 6.09. The number of nitrogens with zero attached hydrogens (tertiary/aromatic N) is 1. The number of aryl methyl sites for hydroxylation is 2. The average Bonchev–Trinajstić information content (AvgIpc) is 2.72. The molecule has 0 amide bonds. The molecule has 0 aliphatic carbocycles. The zero-order valence-electron chi connectivity index (χ0n) is 10.8. The van der Waals surface area contributed by atoms with Gasteiger partial charge in [-0.2, -0.15) is 0 Å². The molecule has 1 N–H and O–H groups in total. The van der Waals surface area contributed by atoms with Crippen LogP contribution in [0.5, 0.6) is 0 Å². The molecule has 92 valence electrons. The highest BCUT2D eigenvalue weighted by Gasteiger charge is 2.11. The molecule has 1 aromatic heterocycles. The van der Waals surface area contributed by atoms with Crippen molar-refractivity contribution in [3.05, 3.63) is 47.5 Å². The molecule has 3 rings (SSSR count). The van der Waals surface area contributed by atoms with Crippen LogP contribution >= 0.6 is 0 Å². The van der Waals surface area contributed by atoms with Crippen LogP contribution in [0.2, 0.25) is 0 Å². The van der Waals surface area contributed by atoms with E-state index in [-0.39, 0.29) is 6.61 Å². The van der Waals surface area contributed by atoms with Crippen molar-refractivity contribution in [2.75, 3.05) is 0 Å². The zero-order chi connectivity index (χ0) is 12.7. The van der Waals surface area contributed by atoms with Gasteiger partial charge in [0.1, 0.15) is 0 Å². The number of fused-ring (bicyclic) bond motifs is 3. The van der Waals surface area contributed by atoms with Crippen LogP contribution in [0.1, 0.15) is 18.1 Å². The molecule has 0 atom stereocenters. The molecule has 0 unspecified atom stereocenters. The van der Waals surface area contributed by atoms with Gasteiger partial charge in [0.15, 0.2) is 0 Å². The summed E-state index contributed by atoms with van der Waals surface area (Å²) in [6, 6.07) is 12.6. The maximum Gasteiger partial charge on any atom is 0.0682 e. The van der Waals surface area contributed by atoms with Crippen LogP contribution in [0, 0.1) is 6.92 Å². The van der Waals surface area contributed by atoms with E-state index in [2.05, 4.69) is 48.7 Å². The summed E-state index contributed by atoms with van der Waals surface area (Å²) in [5, 5.41) is 11.9. The van der Waals surface area contributed by atoms with Crippen molar-refractivity contribution in [3.63, 3.8) is 0 Å². The Labute approximate surface area is 106 Å². The quantitative estimate of drug-likeness (QED) is 0.726. The lowest BCUT2D eigenvalue weighted by atomic mass is 10.1.